The zero-order valence-corrected chi connectivity index (χ0v) is 15.6. The molecule has 0 unspecified atom stereocenters. The number of aromatic nitrogens is 1. The number of Topliss-reactive ketones (excluding diaryl/α,β-unsaturated/α-hetero) is 1. The molecular weight excluding hydrogens is 370 g/mol. The fourth-order valence-electron chi connectivity index (χ4n) is 2.33. The number of ether oxygens (including phenoxy) is 3. The van der Waals surface area contributed by atoms with Crippen LogP contribution >= 0.6 is 11.8 Å². The second-order valence-electron chi connectivity index (χ2n) is 5.39. The number of fused-ring (bicyclic) bond motifs is 1. The van der Waals surface area contributed by atoms with Crippen molar-refractivity contribution >= 4 is 34.6 Å². The molecule has 0 spiro atoms. The zero-order valence-electron chi connectivity index (χ0n) is 14.8. The monoisotopic (exact) mass is 387 g/mol. The minimum absolute atomic E-state index is 0.0185. The first-order valence-corrected chi connectivity index (χ1v) is 8.98. The summed E-state index contributed by atoms with van der Waals surface area (Å²) in [6, 6.07) is 12.2. The van der Waals surface area contributed by atoms with Crippen LogP contribution in [0.25, 0.3) is 11.1 Å². The van der Waals surface area contributed by atoms with Crippen molar-refractivity contribution in [1.29, 1.82) is 0 Å². The van der Waals surface area contributed by atoms with E-state index in [1.807, 2.05) is 18.2 Å². The zero-order chi connectivity index (χ0) is 19.2. The maximum atomic E-state index is 12.3. The summed E-state index contributed by atoms with van der Waals surface area (Å²) < 4.78 is 20.8. The fourth-order valence-corrected chi connectivity index (χ4v) is 2.97. The SMILES string of the molecule is COc1ccc(OC)c(C(=O)COC(=O)CSc2nc3ccccc3o2)c1. The average Bonchev–Trinajstić information content (AvgIpc) is 3.13. The molecule has 3 rings (SSSR count). The van der Waals surface area contributed by atoms with Crippen LogP contribution in [0.3, 0.4) is 0 Å². The van der Waals surface area contributed by atoms with E-state index in [4.69, 9.17) is 18.6 Å². The number of esters is 1. The predicted octanol–water partition coefficient (Wildman–Crippen LogP) is 3.36. The minimum atomic E-state index is -0.544. The number of para-hydroxylation sites is 2. The molecule has 0 fully saturated rings. The number of carbonyl (C=O) groups is 2. The highest BCUT2D eigenvalue weighted by Crippen LogP contribution is 2.25. The molecule has 27 heavy (non-hydrogen) atoms. The standard InChI is InChI=1S/C19H17NO6S/c1-23-12-7-8-16(24-2)13(9-12)15(21)10-25-18(22)11-27-19-20-14-5-3-4-6-17(14)26-19/h3-9H,10-11H2,1-2H3. The number of benzene rings is 2. The summed E-state index contributed by atoms with van der Waals surface area (Å²) in [6.07, 6.45) is 0. The molecule has 7 nitrogen and oxygen atoms in total. The quantitative estimate of drug-likeness (QED) is 0.330. The summed E-state index contributed by atoms with van der Waals surface area (Å²) in [5, 5.41) is 0.369. The van der Waals surface area contributed by atoms with Crippen LogP contribution in [0, 0.1) is 0 Å². The van der Waals surface area contributed by atoms with Crippen molar-refractivity contribution < 1.29 is 28.2 Å². The van der Waals surface area contributed by atoms with Gasteiger partial charge in [0.05, 0.1) is 19.8 Å². The number of hydrogen-bond donors (Lipinski definition) is 0. The third kappa shape index (κ3) is 4.59. The molecule has 8 heteroatoms. The van der Waals surface area contributed by atoms with Crippen molar-refractivity contribution in [3.63, 3.8) is 0 Å². The molecule has 0 aliphatic rings. The summed E-state index contributed by atoms with van der Waals surface area (Å²) in [6.45, 7) is -0.392. The Labute approximate surface area is 159 Å². The number of ketones is 1. The highest BCUT2D eigenvalue weighted by atomic mass is 32.2. The number of methoxy groups -OCH3 is 2. The van der Waals surface area contributed by atoms with Gasteiger partial charge in [0.1, 0.15) is 22.8 Å². The molecule has 1 aromatic heterocycles. The minimum Gasteiger partial charge on any atom is -0.497 e. The van der Waals surface area contributed by atoms with Gasteiger partial charge in [-0.1, -0.05) is 23.9 Å². The van der Waals surface area contributed by atoms with Crippen molar-refractivity contribution in [1.82, 2.24) is 4.98 Å². The lowest BCUT2D eigenvalue weighted by Gasteiger charge is -2.10. The van der Waals surface area contributed by atoms with Gasteiger partial charge in [-0.3, -0.25) is 9.59 Å². The summed E-state index contributed by atoms with van der Waals surface area (Å²) in [5.74, 6) is -0.0480. The number of oxazole rings is 1. The molecule has 0 amide bonds. The summed E-state index contributed by atoms with van der Waals surface area (Å²) in [5.41, 5.74) is 1.65. The van der Waals surface area contributed by atoms with E-state index in [-0.39, 0.29) is 17.1 Å². The molecule has 3 aromatic rings. The van der Waals surface area contributed by atoms with Gasteiger partial charge in [0.25, 0.3) is 5.22 Å². The first-order chi connectivity index (χ1) is 13.1. The second kappa shape index (κ2) is 8.59. The van der Waals surface area contributed by atoms with E-state index < -0.39 is 12.6 Å². The van der Waals surface area contributed by atoms with Gasteiger partial charge in [0, 0.05) is 0 Å². The van der Waals surface area contributed by atoms with Crippen LogP contribution in [-0.4, -0.2) is 43.3 Å². The van der Waals surface area contributed by atoms with Gasteiger partial charge in [-0.2, -0.15) is 0 Å². The van der Waals surface area contributed by atoms with Gasteiger partial charge < -0.3 is 18.6 Å². The van der Waals surface area contributed by atoms with Gasteiger partial charge >= 0.3 is 5.97 Å². The Morgan fingerprint density at radius 3 is 2.67 bits per heavy atom. The normalized spacial score (nSPS) is 10.6. The summed E-state index contributed by atoms with van der Waals surface area (Å²) in [4.78, 5) is 28.5. The van der Waals surface area contributed by atoms with Gasteiger partial charge in [-0.05, 0) is 30.3 Å². The van der Waals surface area contributed by atoms with E-state index in [9.17, 15) is 9.59 Å². The average molecular weight is 387 g/mol. The Kier molecular flexibility index (Phi) is 5.97. The van der Waals surface area contributed by atoms with E-state index in [2.05, 4.69) is 4.98 Å². The van der Waals surface area contributed by atoms with Crippen LogP contribution in [0.15, 0.2) is 52.1 Å². The molecule has 0 N–H and O–H groups in total. The van der Waals surface area contributed by atoms with E-state index in [0.29, 0.717) is 27.8 Å². The lowest BCUT2D eigenvalue weighted by atomic mass is 10.1. The third-order valence-electron chi connectivity index (χ3n) is 3.66. The molecule has 0 saturated carbocycles. The molecule has 0 aliphatic carbocycles. The van der Waals surface area contributed by atoms with E-state index >= 15 is 0 Å². The smallest absolute Gasteiger partial charge is 0.316 e. The van der Waals surface area contributed by atoms with Crippen molar-refractivity contribution in [3.8, 4) is 11.5 Å². The van der Waals surface area contributed by atoms with Crippen LogP contribution in [0.5, 0.6) is 11.5 Å². The molecule has 0 bridgehead atoms. The highest BCUT2D eigenvalue weighted by molar-refractivity contribution is 7.99. The van der Waals surface area contributed by atoms with Crippen molar-refractivity contribution in [2.24, 2.45) is 0 Å². The van der Waals surface area contributed by atoms with Crippen LogP contribution in [-0.2, 0) is 9.53 Å². The van der Waals surface area contributed by atoms with Crippen LogP contribution < -0.4 is 9.47 Å². The highest BCUT2D eigenvalue weighted by Gasteiger charge is 2.17. The molecule has 0 radical (unpaired) electrons. The van der Waals surface area contributed by atoms with Gasteiger partial charge in [-0.15, -0.1) is 0 Å². The van der Waals surface area contributed by atoms with Gasteiger partial charge in [-0.25, -0.2) is 4.98 Å². The van der Waals surface area contributed by atoms with Crippen molar-refractivity contribution in [2.45, 2.75) is 5.22 Å². The molecule has 0 aliphatic heterocycles. The molecular formula is C19H17NO6S. The molecule has 0 atom stereocenters. The Hall–Kier alpha value is -3.00. The third-order valence-corrected chi connectivity index (χ3v) is 4.46. The number of hydrogen-bond acceptors (Lipinski definition) is 8. The van der Waals surface area contributed by atoms with Gasteiger partial charge in [0.15, 0.2) is 12.2 Å². The Balaban J connectivity index is 1.55. The maximum absolute atomic E-state index is 12.3. The number of carbonyl (C=O) groups excluding carboxylic acids is 2. The van der Waals surface area contributed by atoms with Crippen molar-refractivity contribution in [3.05, 3.63) is 48.0 Å². The first kappa shape index (κ1) is 18.8. The molecule has 140 valence electrons. The topological polar surface area (TPSA) is 87.9 Å². The Morgan fingerprint density at radius 1 is 1.11 bits per heavy atom. The predicted molar refractivity (Wildman–Crippen MR) is 99.6 cm³/mol. The van der Waals surface area contributed by atoms with E-state index in [0.717, 1.165) is 11.8 Å². The van der Waals surface area contributed by atoms with Gasteiger partial charge in [0.2, 0.25) is 5.78 Å². The van der Waals surface area contributed by atoms with Crippen LogP contribution in [0.4, 0.5) is 0 Å². The Bertz CT molecular complexity index is 935. The second-order valence-corrected chi connectivity index (χ2v) is 6.31. The number of thioether (sulfide) groups is 1. The molecule has 2 aromatic carbocycles. The fraction of sp³-hybridized carbons (Fsp3) is 0.211. The Morgan fingerprint density at radius 2 is 1.93 bits per heavy atom. The lowest BCUT2D eigenvalue weighted by Crippen LogP contribution is -2.16. The van der Waals surface area contributed by atoms with E-state index in [1.165, 1.54) is 14.2 Å². The van der Waals surface area contributed by atoms with E-state index in [1.54, 1.807) is 24.3 Å². The maximum Gasteiger partial charge on any atom is 0.316 e. The van der Waals surface area contributed by atoms with Crippen LogP contribution in [0.2, 0.25) is 0 Å². The van der Waals surface area contributed by atoms with Crippen molar-refractivity contribution in [2.75, 3.05) is 26.6 Å². The summed E-state index contributed by atoms with van der Waals surface area (Å²) in [7, 11) is 2.96. The molecule has 1 heterocycles. The first-order valence-electron chi connectivity index (χ1n) is 8.00. The lowest BCUT2D eigenvalue weighted by molar-refractivity contribution is -0.139. The largest absolute Gasteiger partial charge is 0.497 e. The van der Waals surface area contributed by atoms with Crippen LogP contribution in [0.1, 0.15) is 10.4 Å². The number of nitrogens with zero attached hydrogens (tertiary/aromatic N) is 1. The summed E-state index contributed by atoms with van der Waals surface area (Å²) >= 11 is 1.11. The number of rotatable bonds is 8. The molecule has 0 saturated heterocycles.